The SMILES string of the molecule is O=C1NC2(CCCC2)C(=O)N1CC(=O)N1CCC[C@@H]1Cc1ccccc1. The fourth-order valence-electron chi connectivity index (χ4n) is 4.63. The van der Waals surface area contributed by atoms with E-state index in [1.807, 2.05) is 23.1 Å². The molecule has 3 fully saturated rings. The Labute approximate surface area is 153 Å². The van der Waals surface area contributed by atoms with Crippen LogP contribution in [0.15, 0.2) is 30.3 Å². The van der Waals surface area contributed by atoms with E-state index in [1.165, 1.54) is 5.56 Å². The number of hydrogen-bond donors (Lipinski definition) is 1. The van der Waals surface area contributed by atoms with Gasteiger partial charge in [0.1, 0.15) is 12.1 Å². The maximum atomic E-state index is 12.8. The summed E-state index contributed by atoms with van der Waals surface area (Å²) in [6, 6.07) is 9.87. The van der Waals surface area contributed by atoms with Crippen molar-refractivity contribution in [1.29, 1.82) is 0 Å². The predicted octanol–water partition coefficient (Wildman–Crippen LogP) is 2.08. The first-order chi connectivity index (χ1) is 12.6. The standard InChI is InChI=1S/C20H25N3O3/c24-17(14-23-18(25)20(21-19(23)26)10-4-5-11-20)22-12-6-9-16(22)13-15-7-2-1-3-8-15/h1-3,7-8,16H,4-6,9-14H2,(H,21,26)/t16-/m1/s1. The minimum Gasteiger partial charge on any atom is -0.338 e. The Morgan fingerprint density at radius 1 is 1.12 bits per heavy atom. The molecule has 1 aromatic carbocycles. The summed E-state index contributed by atoms with van der Waals surface area (Å²) >= 11 is 0. The molecular formula is C20H25N3O3. The fraction of sp³-hybridized carbons (Fsp3) is 0.550. The van der Waals surface area contributed by atoms with Crippen molar-refractivity contribution >= 4 is 17.8 Å². The van der Waals surface area contributed by atoms with Gasteiger partial charge in [0.05, 0.1) is 0 Å². The van der Waals surface area contributed by atoms with Gasteiger partial charge in [-0.25, -0.2) is 4.79 Å². The quantitative estimate of drug-likeness (QED) is 0.841. The molecule has 1 N–H and O–H groups in total. The molecule has 1 saturated carbocycles. The van der Waals surface area contributed by atoms with Gasteiger partial charge in [-0.1, -0.05) is 43.2 Å². The van der Waals surface area contributed by atoms with Crippen molar-refractivity contribution in [2.24, 2.45) is 0 Å². The van der Waals surface area contributed by atoms with Crippen molar-refractivity contribution in [3.05, 3.63) is 35.9 Å². The lowest BCUT2D eigenvalue weighted by molar-refractivity contribution is -0.139. The number of nitrogens with zero attached hydrogens (tertiary/aromatic N) is 2. The molecule has 1 atom stereocenters. The van der Waals surface area contributed by atoms with Crippen molar-refractivity contribution in [3.63, 3.8) is 0 Å². The molecular weight excluding hydrogens is 330 g/mol. The topological polar surface area (TPSA) is 69.7 Å². The summed E-state index contributed by atoms with van der Waals surface area (Å²) in [4.78, 5) is 40.9. The smallest absolute Gasteiger partial charge is 0.325 e. The monoisotopic (exact) mass is 355 g/mol. The number of likely N-dealkylation sites (tertiary alicyclic amines) is 1. The van der Waals surface area contributed by atoms with Gasteiger partial charge in [0.25, 0.3) is 5.91 Å². The Morgan fingerprint density at radius 2 is 1.85 bits per heavy atom. The highest BCUT2D eigenvalue weighted by Gasteiger charge is 2.53. The van der Waals surface area contributed by atoms with Crippen LogP contribution in [0.25, 0.3) is 0 Å². The van der Waals surface area contributed by atoms with Crippen LogP contribution in [0, 0.1) is 0 Å². The molecule has 0 aromatic heterocycles. The molecule has 2 aliphatic heterocycles. The molecule has 1 aliphatic carbocycles. The largest absolute Gasteiger partial charge is 0.338 e. The van der Waals surface area contributed by atoms with Crippen LogP contribution < -0.4 is 5.32 Å². The highest BCUT2D eigenvalue weighted by molar-refractivity contribution is 6.09. The third-order valence-electron chi connectivity index (χ3n) is 6.01. The summed E-state index contributed by atoms with van der Waals surface area (Å²) in [6.07, 6.45) is 6.00. The molecule has 26 heavy (non-hydrogen) atoms. The molecule has 0 bridgehead atoms. The summed E-state index contributed by atoms with van der Waals surface area (Å²) in [5.41, 5.74) is 0.461. The molecule has 138 valence electrons. The first-order valence-electron chi connectivity index (χ1n) is 9.57. The Bertz CT molecular complexity index is 712. The van der Waals surface area contributed by atoms with Gasteiger partial charge >= 0.3 is 6.03 Å². The molecule has 1 spiro atoms. The van der Waals surface area contributed by atoms with Crippen LogP contribution in [0.3, 0.4) is 0 Å². The number of nitrogens with one attached hydrogen (secondary N) is 1. The zero-order valence-electron chi connectivity index (χ0n) is 14.9. The van der Waals surface area contributed by atoms with Crippen LogP contribution in [0.4, 0.5) is 4.79 Å². The van der Waals surface area contributed by atoms with E-state index in [0.717, 1.165) is 37.0 Å². The zero-order valence-corrected chi connectivity index (χ0v) is 14.9. The Hall–Kier alpha value is -2.37. The second-order valence-electron chi connectivity index (χ2n) is 7.68. The lowest BCUT2D eigenvalue weighted by atomic mass is 9.98. The fourth-order valence-corrected chi connectivity index (χ4v) is 4.63. The number of hydrogen-bond acceptors (Lipinski definition) is 3. The van der Waals surface area contributed by atoms with Crippen molar-refractivity contribution in [2.75, 3.05) is 13.1 Å². The lowest BCUT2D eigenvalue weighted by Crippen LogP contribution is -2.47. The Morgan fingerprint density at radius 3 is 2.58 bits per heavy atom. The first kappa shape index (κ1) is 17.1. The van der Waals surface area contributed by atoms with Crippen molar-refractivity contribution in [3.8, 4) is 0 Å². The van der Waals surface area contributed by atoms with Crippen LogP contribution >= 0.6 is 0 Å². The minimum atomic E-state index is -0.744. The van der Waals surface area contributed by atoms with Gasteiger partial charge in [-0.15, -0.1) is 0 Å². The molecule has 6 nitrogen and oxygen atoms in total. The third-order valence-corrected chi connectivity index (χ3v) is 6.01. The minimum absolute atomic E-state index is 0.123. The summed E-state index contributed by atoms with van der Waals surface area (Å²) in [5, 5.41) is 2.84. The Balaban J connectivity index is 1.42. The highest BCUT2D eigenvalue weighted by atomic mass is 16.2. The number of amides is 4. The molecule has 2 saturated heterocycles. The zero-order chi connectivity index (χ0) is 18.1. The number of benzene rings is 1. The van der Waals surface area contributed by atoms with Gasteiger partial charge in [0.2, 0.25) is 5.91 Å². The van der Waals surface area contributed by atoms with E-state index in [-0.39, 0.29) is 24.4 Å². The summed E-state index contributed by atoms with van der Waals surface area (Å²) < 4.78 is 0. The number of carbonyl (C=O) groups is 3. The predicted molar refractivity (Wildman–Crippen MR) is 96.3 cm³/mol. The lowest BCUT2D eigenvalue weighted by Gasteiger charge is -2.27. The average molecular weight is 355 g/mol. The molecule has 1 aromatic rings. The van der Waals surface area contributed by atoms with E-state index in [0.29, 0.717) is 19.4 Å². The summed E-state index contributed by atoms with van der Waals surface area (Å²) in [5.74, 6) is -0.339. The highest BCUT2D eigenvalue weighted by Crippen LogP contribution is 2.35. The van der Waals surface area contributed by atoms with Crippen LogP contribution in [0.2, 0.25) is 0 Å². The molecule has 4 rings (SSSR count). The number of carbonyl (C=O) groups excluding carboxylic acids is 3. The van der Waals surface area contributed by atoms with Crippen LogP contribution in [-0.4, -0.2) is 52.3 Å². The summed E-state index contributed by atoms with van der Waals surface area (Å²) in [7, 11) is 0. The van der Waals surface area contributed by atoms with E-state index >= 15 is 0 Å². The van der Waals surface area contributed by atoms with Gasteiger partial charge < -0.3 is 10.2 Å². The molecule has 2 heterocycles. The Kier molecular flexibility index (Phi) is 4.42. The average Bonchev–Trinajstić information content (AvgIpc) is 3.34. The van der Waals surface area contributed by atoms with Crippen molar-refractivity contribution in [1.82, 2.24) is 15.1 Å². The first-order valence-corrected chi connectivity index (χ1v) is 9.57. The van der Waals surface area contributed by atoms with E-state index in [1.54, 1.807) is 0 Å². The van der Waals surface area contributed by atoms with Crippen molar-refractivity contribution in [2.45, 2.75) is 56.5 Å². The second-order valence-corrected chi connectivity index (χ2v) is 7.68. The summed E-state index contributed by atoms with van der Waals surface area (Å²) in [6.45, 7) is 0.558. The van der Waals surface area contributed by atoms with Gasteiger partial charge in [-0.3, -0.25) is 14.5 Å². The number of imide groups is 1. The van der Waals surface area contributed by atoms with E-state index in [9.17, 15) is 14.4 Å². The number of rotatable bonds is 4. The molecule has 6 heteroatoms. The van der Waals surface area contributed by atoms with Gasteiger partial charge in [-0.2, -0.15) is 0 Å². The van der Waals surface area contributed by atoms with Crippen LogP contribution in [-0.2, 0) is 16.0 Å². The molecule has 0 radical (unpaired) electrons. The normalized spacial score (nSPS) is 24.5. The van der Waals surface area contributed by atoms with Crippen LogP contribution in [0.5, 0.6) is 0 Å². The maximum absolute atomic E-state index is 12.8. The second kappa shape index (κ2) is 6.74. The molecule has 0 unspecified atom stereocenters. The van der Waals surface area contributed by atoms with E-state index in [4.69, 9.17) is 0 Å². The number of urea groups is 1. The van der Waals surface area contributed by atoms with Gasteiger partial charge in [-0.05, 0) is 37.7 Å². The van der Waals surface area contributed by atoms with Crippen molar-refractivity contribution < 1.29 is 14.4 Å². The molecule has 4 amide bonds. The van der Waals surface area contributed by atoms with E-state index in [2.05, 4.69) is 17.4 Å². The third kappa shape index (κ3) is 2.97. The molecule has 3 aliphatic rings. The van der Waals surface area contributed by atoms with Gasteiger partial charge in [0.15, 0.2) is 0 Å². The van der Waals surface area contributed by atoms with Gasteiger partial charge in [0, 0.05) is 12.6 Å². The van der Waals surface area contributed by atoms with Crippen LogP contribution in [0.1, 0.15) is 44.1 Å². The van der Waals surface area contributed by atoms with E-state index < -0.39 is 11.6 Å². The maximum Gasteiger partial charge on any atom is 0.325 e.